The van der Waals surface area contributed by atoms with Crippen LogP contribution in [0.25, 0.3) is 27.8 Å². The quantitative estimate of drug-likeness (QED) is 0.364. The van der Waals surface area contributed by atoms with Crippen molar-refractivity contribution in [3.63, 3.8) is 0 Å². The molecule has 0 aliphatic carbocycles. The van der Waals surface area contributed by atoms with E-state index in [-0.39, 0.29) is 11.7 Å². The van der Waals surface area contributed by atoms with Crippen LogP contribution in [0, 0.1) is 20.8 Å². The number of aryl methyl sites for hydroxylation is 3. The molecule has 1 aromatic heterocycles. The standard InChI is InChI=1S/C28H24N4O/c1-18-8-6-11-22(16-18)27-30-26(31-32(27)25-17-19(2)14-15-20(25)3)28(33)29-24-13-7-10-21-9-4-5-12-23(21)24/h4-17H,1-3H3,(H,29,33). The fourth-order valence-electron chi connectivity index (χ4n) is 4.01. The van der Waals surface area contributed by atoms with Gasteiger partial charge < -0.3 is 5.32 Å². The number of anilines is 1. The van der Waals surface area contributed by atoms with Crippen LogP contribution in [0.4, 0.5) is 5.69 Å². The van der Waals surface area contributed by atoms with E-state index in [2.05, 4.69) is 39.7 Å². The molecule has 33 heavy (non-hydrogen) atoms. The Morgan fingerprint density at radius 3 is 2.42 bits per heavy atom. The van der Waals surface area contributed by atoms with E-state index in [1.54, 1.807) is 4.68 Å². The lowest BCUT2D eigenvalue weighted by Gasteiger charge is -2.10. The lowest BCUT2D eigenvalue weighted by molar-refractivity contribution is 0.101. The van der Waals surface area contributed by atoms with Crippen molar-refractivity contribution in [2.45, 2.75) is 20.8 Å². The lowest BCUT2D eigenvalue weighted by atomic mass is 10.1. The number of fused-ring (bicyclic) bond motifs is 1. The summed E-state index contributed by atoms with van der Waals surface area (Å²) < 4.78 is 1.77. The van der Waals surface area contributed by atoms with Crippen LogP contribution in [-0.2, 0) is 0 Å². The fourth-order valence-corrected chi connectivity index (χ4v) is 4.01. The summed E-state index contributed by atoms with van der Waals surface area (Å²) in [5.74, 6) is 0.417. The number of hydrogen-bond acceptors (Lipinski definition) is 3. The van der Waals surface area contributed by atoms with Crippen molar-refractivity contribution in [1.82, 2.24) is 14.8 Å². The van der Waals surface area contributed by atoms with Crippen LogP contribution in [-0.4, -0.2) is 20.7 Å². The molecule has 0 atom stereocenters. The highest BCUT2D eigenvalue weighted by atomic mass is 16.2. The number of rotatable bonds is 4. The van der Waals surface area contributed by atoms with Gasteiger partial charge in [-0.15, -0.1) is 5.10 Å². The largest absolute Gasteiger partial charge is 0.319 e. The normalized spacial score (nSPS) is 11.0. The van der Waals surface area contributed by atoms with Crippen LogP contribution >= 0.6 is 0 Å². The molecule has 0 saturated carbocycles. The molecule has 162 valence electrons. The molecule has 1 amide bonds. The number of carbonyl (C=O) groups is 1. The van der Waals surface area contributed by atoms with Gasteiger partial charge in [0.2, 0.25) is 5.82 Å². The van der Waals surface area contributed by atoms with Gasteiger partial charge in [0.05, 0.1) is 5.69 Å². The predicted molar refractivity (Wildman–Crippen MR) is 133 cm³/mol. The van der Waals surface area contributed by atoms with E-state index in [1.165, 1.54) is 0 Å². The summed E-state index contributed by atoms with van der Waals surface area (Å²) in [6.07, 6.45) is 0. The average molecular weight is 433 g/mol. The first-order valence-electron chi connectivity index (χ1n) is 10.9. The van der Waals surface area contributed by atoms with Crippen molar-refractivity contribution >= 4 is 22.4 Å². The van der Waals surface area contributed by atoms with E-state index >= 15 is 0 Å². The third kappa shape index (κ3) is 4.01. The van der Waals surface area contributed by atoms with Gasteiger partial charge in [-0.3, -0.25) is 4.79 Å². The molecule has 5 heteroatoms. The molecule has 0 spiro atoms. The molecule has 1 heterocycles. The van der Waals surface area contributed by atoms with Crippen LogP contribution in [0.5, 0.6) is 0 Å². The Labute approximate surface area is 192 Å². The zero-order valence-corrected chi connectivity index (χ0v) is 18.8. The van der Waals surface area contributed by atoms with Gasteiger partial charge in [0.25, 0.3) is 5.91 Å². The highest BCUT2D eigenvalue weighted by Crippen LogP contribution is 2.26. The minimum absolute atomic E-state index is 0.125. The number of carbonyl (C=O) groups excluding carboxylic acids is 1. The molecule has 5 nitrogen and oxygen atoms in total. The van der Waals surface area contributed by atoms with Gasteiger partial charge in [-0.1, -0.05) is 72.3 Å². The third-order valence-corrected chi connectivity index (χ3v) is 5.72. The molecule has 0 aliphatic heterocycles. The SMILES string of the molecule is Cc1cccc(-c2nc(C(=O)Nc3cccc4ccccc34)nn2-c2cc(C)ccc2C)c1. The van der Waals surface area contributed by atoms with E-state index in [4.69, 9.17) is 0 Å². The topological polar surface area (TPSA) is 59.8 Å². The number of amides is 1. The van der Waals surface area contributed by atoms with Crippen molar-refractivity contribution in [1.29, 1.82) is 0 Å². The maximum atomic E-state index is 13.3. The minimum Gasteiger partial charge on any atom is -0.319 e. The van der Waals surface area contributed by atoms with Crippen molar-refractivity contribution in [2.75, 3.05) is 5.32 Å². The molecule has 5 rings (SSSR count). The van der Waals surface area contributed by atoms with Crippen LogP contribution in [0.15, 0.2) is 84.9 Å². The monoisotopic (exact) mass is 432 g/mol. The van der Waals surface area contributed by atoms with Crippen molar-refractivity contribution in [3.8, 4) is 17.1 Å². The summed E-state index contributed by atoms with van der Waals surface area (Å²) in [6.45, 7) is 6.11. The molecule has 0 unspecified atom stereocenters. The Kier molecular flexibility index (Phi) is 5.23. The Bertz CT molecular complexity index is 1490. The first kappa shape index (κ1) is 20.6. The summed E-state index contributed by atoms with van der Waals surface area (Å²) >= 11 is 0. The second-order valence-corrected chi connectivity index (χ2v) is 8.31. The first-order chi connectivity index (χ1) is 16.0. The molecule has 0 radical (unpaired) electrons. The zero-order chi connectivity index (χ0) is 22.9. The number of aromatic nitrogens is 3. The molecule has 4 aromatic carbocycles. The predicted octanol–water partition coefficient (Wildman–Crippen LogP) is 6.27. The van der Waals surface area contributed by atoms with E-state index in [1.807, 2.05) is 81.4 Å². The summed E-state index contributed by atoms with van der Waals surface area (Å²) in [5.41, 5.74) is 5.84. The van der Waals surface area contributed by atoms with Crippen LogP contribution in [0.1, 0.15) is 27.3 Å². The number of hydrogen-bond donors (Lipinski definition) is 1. The second kappa shape index (κ2) is 8.36. The Hall–Kier alpha value is -4.25. The zero-order valence-electron chi connectivity index (χ0n) is 18.8. The van der Waals surface area contributed by atoms with Gasteiger partial charge in [-0.2, -0.15) is 0 Å². The molecule has 1 N–H and O–H groups in total. The fraction of sp³-hybridized carbons (Fsp3) is 0.107. The summed E-state index contributed by atoms with van der Waals surface area (Å²) in [5, 5.41) is 9.70. The van der Waals surface area contributed by atoms with Gasteiger partial charge >= 0.3 is 0 Å². The van der Waals surface area contributed by atoms with Crippen LogP contribution in [0.3, 0.4) is 0 Å². The number of benzene rings is 4. The first-order valence-corrected chi connectivity index (χ1v) is 10.9. The van der Waals surface area contributed by atoms with Crippen LogP contribution < -0.4 is 5.32 Å². The maximum absolute atomic E-state index is 13.3. The Morgan fingerprint density at radius 2 is 1.58 bits per heavy atom. The van der Waals surface area contributed by atoms with Crippen LogP contribution in [0.2, 0.25) is 0 Å². The summed E-state index contributed by atoms with van der Waals surface area (Å²) in [7, 11) is 0. The molecule has 5 aromatic rings. The van der Waals surface area contributed by atoms with E-state index in [9.17, 15) is 4.79 Å². The summed E-state index contributed by atoms with van der Waals surface area (Å²) in [4.78, 5) is 17.9. The summed E-state index contributed by atoms with van der Waals surface area (Å²) in [6, 6.07) is 28.1. The average Bonchev–Trinajstić information content (AvgIpc) is 3.26. The van der Waals surface area contributed by atoms with Gasteiger partial charge in [0.15, 0.2) is 5.82 Å². The van der Waals surface area contributed by atoms with E-state index < -0.39 is 0 Å². The molecular weight excluding hydrogens is 408 g/mol. The maximum Gasteiger partial charge on any atom is 0.295 e. The van der Waals surface area contributed by atoms with Gasteiger partial charge in [0.1, 0.15) is 0 Å². The molecule has 0 saturated heterocycles. The lowest BCUT2D eigenvalue weighted by Crippen LogP contribution is -2.14. The third-order valence-electron chi connectivity index (χ3n) is 5.72. The Balaban J connectivity index is 1.61. The number of nitrogens with one attached hydrogen (secondary N) is 1. The van der Waals surface area contributed by atoms with Gasteiger partial charge in [-0.05, 0) is 55.5 Å². The van der Waals surface area contributed by atoms with Gasteiger partial charge in [-0.25, -0.2) is 9.67 Å². The molecular formula is C28H24N4O. The smallest absolute Gasteiger partial charge is 0.295 e. The molecule has 0 aliphatic rings. The Morgan fingerprint density at radius 1 is 0.818 bits per heavy atom. The van der Waals surface area contributed by atoms with Crippen molar-refractivity contribution in [3.05, 3.63) is 107 Å². The molecule has 0 fully saturated rings. The van der Waals surface area contributed by atoms with E-state index in [0.29, 0.717) is 5.82 Å². The van der Waals surface area contributed by atoms with E-state index in [0.717, 1.165) is 44.4 Å². The molecule has 0 bridgehead atoms. The van der Waals surface area contributed by atoms with Gasteiger partial charge in [0, 0.05) is 16.6 Å². The van der Waals surface area contributed by atoms with Crippen molar-refractivity contribution < 1.29 is 4.79 Å². The number of nitrogens with zero attached hydrogens (tertiary/aromatic N) is 3. The minimum atomic E-state index is -0.343. The highest BCUT2D eigenvalue weighted by Gasteiger charge is 2.20. The van der Waals surface area contributed by atoms with Crippen molar-refractivity contribution in [2.24, 2.45) is 0 Å². The highest BCUT2D eigenvalue weighted by molar-refractivity contribution is 6.07. The second-order valence-electron chi connectivity index (χ2n) is 8.31.